The molecule has 0 radical (unpaired) electrons. The van der Waals surface area contributed by atoms with Crippen LogP contribution < -0.4 is 16.0 Å². The molecule has 34 heavy (non-hydrogen) atoms. The maximum Gasteiger partial charge on any atom is 0.348 e. The average Bonchev–Trinajstić information content (AvgIpc) is 3.19. The molecule has 1 saturated heterocycles. The lowest BCUT2D eigenvalue weighted by molar-refractivity contribution is -0.0752. The number of hydrogen-bond donors (Lipinski definition) is 1. The number of esters is 1. The van der Waals surface area contributed by atoms with E-state index in [4.69, 9.17) is 18.9 Å². The molecule has 0 saturated carbocycles. The highest BCUT2D eigenvalue weighted by molar-refractivity contribution is 7.20. The minimum Gasteiger partial charge on any atom is -0.496 e. The third-order valence-electron chi connectivity index (χ3n) is 5.89. The number of aromatic amines is 1. The minimum atomic E-state index is -0.565. The fraction of sp³-hybridized carbons (Fsp3) is 0.458. The zero-order valence-corrected chi connectivity index (χ0v) is 20.2. The molecule has 1 N–H and O–H groups in total. The van der Waals surface area contributed by atoms with Gasteiger partial charge in [-0.05, 0) is 38.3 Å². The van der Waals surface area contributed by atoms with E-state index >= 15 is 0 Å². The van der Waals surface area contributed by atoms with Crippen LogP contribution in [0.4, 0.5) is 0 Å². The van der Waals surface area contributed by atoms with Crippen LogP contribution >= 0.6 is 11.3 Å². The van der Waals surface area contributed by atoms with Crippen LogP contribution in [0.2, 0.25) is 0 Å². The lowest BCUT2D eigenvalue weighted by Crippen LogP contribution is -2.33. The van der Waals surface area contributed by atoms with Crippen LogP contribution in [-0.2, 0) is 20.8 Å². The molecule has 1 atom stereocenters. The highest BCUT2D eigenvalue weighted by Crippen LogP contribution is 2.34. The first-order valence-corrected chi connectivity index (χ1v) is 12.1. The molecule has 182 valence electrons. The van der Waals surface area contributed by atoms with Gasteiger partial charge in [-0.15, -0.1) is 11.3 Å². The number of para-hydroxylation sites is 1. The van der Waals surface area contributed by atoms with Crippen LogP contribution in [0, 0.1) is 6.92 Å². The summed E-state index contributed by atoms with van der Waals surface area (Å²) in [5.41, 5.74) is 0.193. The molecule has 3 heterocycles. The second kappa shape index (κ2) is 10.5. The van der Waals surface area contributed by atoms with Gasteiger partial charge in [0.25, 0.3) is 5.56 Å². The molecule has 4 rings (SSSR count). The molecule has 1 unspecified atom stereocenters. The summed E-state index contributed by atoms with van der Waals surface area (Å²) < 4.78 is 24.1. The number of thiophene rings is 1. The van der Waals surface area contributed by atoms with Gasteiger partial charge in [0.2, 0.25) is 0 Å². The van der Waals surface area contributed by atoms with Crippen molar-refractivity contribution in [2.75, 3.05) is 26.9 Å². The second-order valence-electron chi connectivity index (χ2n) is 8.01. The zero-order chi connectivity index (χ0) is 24.2. The van der Waals surface area contributed by atoms with Crippen LogP contribution in [0.3, 0.4) is 0 Å². The monoisotopic (exact) mass is 488 g/mol. The number of carbonyl (C=O) groups is 1. The Morgan fingerprint density at radius 3 is 2.71 bits per heavy atom. The Balaban J connectivity index is 1.81. The van der Waals surface area contributed by atoms with Crippen LogP contribution in [0.5, 0.6) is 5.75 Å². The Morgan fingerprint density at radius 1 is 1.26 bits per heavy atom. The van der Waals surface area contributed by atoms with E-state index in [1.807, 2.05) is 24.3 Å². The van der Waals surface area contributed by atoms with Gasteiger partial charge in [-0.2, -0.15) is 0 Å². The molecule has 10 heteroatoms. The molecule has 1 aliphatic heterocycles. The summed E-state index contributed by atoms with van der Waals surface area (Å²) >= 11 is 1.08. The predicted octanol–water partition coefficient (Wildman–Crippen LogP) is 3.18. The Bertz CT molecular complexity index is 1290. The summed E-state index contributed by atoms with van der Waals surface area (Å²) in [6.07, 6.45) is 0.914. The number of hydrogen-bond acceptors (Lipinski definition) is 8. The van der Waals surface area contributed by atoms with Crippen LogP contribution in [0.1, 0.15) is 46.7 Å². The van der Waals surface area contributed by atoms with Gasteiger partial charge in [0.15, 0.2) is 0 Å². The van der Waals surface area contributed by atoms with Crippen molar-refractivity contribution in [3.05, 3.63) is 61.1 Å². The van der Waals surface area contributed by atoms with Crippen molar-refractivity contribution in [1.82, 2.24) is 9.55 Å². The molecule has 0 bridgehead atoms. The summed E-state index contributed by atoms with van der Waals surface area (Å²) in [5.74, 6) is 0.127. The number of benzene rings is 1. The minimum absolute atomic E-state index is 0.0437. The van der Waals surface area contributed by atoms with Gasteiger partial charge in [-0.25, -0.2) is 9.59 Å². The molecule has 2 aromatic heterocycles. The van der Waals surface area contributed by atoms with Crippen molar-refractivity contribution in [2.24, 2.45) is 0 Å². The molecule has 3 aromatic rings. The summed E-state index contributed by atoms with van der Waals surface area (Å²) in [5, 5.41) is 0.303. The number of rotatable bonds is 8. The van der Waals surface area contributed by atoms with E-state index in [1.54, 1.807) is 21.0 Å². The number of aryl methyl sites for hydroxylation is 1. The SMILES string of the molecule is CCOC(=O)c1sc2c(c1C)c(=O)[nH]c(=O)n2CC(OC1CCOCC1)c1ccccc1OC. The Hall–Kier alpha value is -2.95. The lowest BCUT2D eigenvalue weighted by atomic mass is 10.1. The maximum absolute atomic E-state index is 13.0. The second-order valence-corrected chi connectivity index (χ2v) is 9.00. The number of carbonyl (C=O) groups excluding carboxylic acids is 1. The highest BCUT2D eigenvalue weighted by Gasteiger charge is 2.27. The van der Waals surface area contributed by atoms with Gasteiger partial charge in [-0.3, -0.25) is 14.3 Å². The van der Waals surface area contributed by atoms with Gasteiger partial charge >= 0.3 is 11.7 Å². The van der Waals surface area contributed by atoms with Crippen LogP contribution in [-0.4, -0.2) is 48.6 Å². The van der Waals surface area contributed by atoms with E-state index in [0.29, 0.717) is 39.6 Å². The van der Waals surface area contributed by atoms with Gasteiger partial charge in [-0.1, -0.05) is 18.2 Å². The smallest absolute Gasteiger partial charge is 0.348 e. The van der Waals surface area contributed by atoms with Crippen molar-refractivity contribution in [1.29, 1.82) is 0 Å². The highest BCUT2D eigenvalue weighted by atomic mass is 32.1. The number of nitrogens with one attached hydrogen (secondary N) is 1. The van der Waals surface area contributed by atoms with E-state index in [9.17, 15) is 14.4 Å². The van der Waals surface area contributed by atoms with E-state index in [2.05, 4.69) is 4.98 Å². The van der Waals surface area contributed by atoms with Crippen molar-refractivity contribution in [3.8, 4) is 5.75 Å². The molecule has 0 aliphatic carbocycles. The Labute approximate surface area is 200 Å². The third-order valence-corrected chi connectivity index (χ3v) is 7.18. The summed E-state index contributed by atoms with van der Waals surface area (Å²) in [4.78, 5) is 41.2. The fourth-order valence-electron chi connectivity index (χ4n) is 4.19. The van der Waals surface area contributed by atoms with Crippen LogP contribution in [0.15, 0.2) is 33.9 Å². The van der Waals surface area contributed by atoms with Crippen LogP contribution in [0.25, 0.3) is 10.2 Å². The van der Waals surface area contributed by atoms with Crippen molar-refractivity contribution >= 4 is 27.5 Å². The van der Waals surface area contributed by atoms with E-state index < -0.39 is 23.3 Å². The van der Waals surface area contributed by atoms with Gasteiger partial charge in [0.1, 0.15) is 21.6 Å². The Morgan fingerprint density at radius 2 is 2.00 bits per heavy atom. The number of methoxy groups -OCH3 is 1. The molecule has 9 nitrogen and oxygen atoms in total. The number of fused-ring (bicyclic) bond motifs is 1. The summed E-state index contributed by atoms with van der Waals surface area (Å²) in [6.45, 7) is 4.97. The molecule has 1 aliphatic rings. The van der Waals surface area contributed by atoms with Crippen molar-refractivity contribution in [3.63, 3.8) is 0 Å². The molecule has 1 fully saturated rings. The predicted molar refractivity (Wildman–Crippen MR) is 128 cm³/mol. The standard InChI is InChI=1S/C24H28N2O7S/c1-4-32-23(28)20-14(2)19-21(27)25-24(29)26(22(19)34-20)13-18(33-15-9-11-31-12-10-15)16-7-5-6-8-17(16)30-3/h5-8,15,18H,4,9-13H2,1-3H3,(H,25,27,29). The summed E-state index contributed by atoms with van der Waals surface area (Å²) in [7, 11) is 1.59. The molecule has 0 spiro atoms. The number of aromatic nitrogens is 2. The normalized spacial score (nSPS) is 15.4. The first-order chi connectivity index (χ1) is 16.4. The Kier molecular flexibility index (Phi) is 7.50. The first kappa shape index (κ1) is 24.2. The molecular weight excluding hydrogens is 460 g/mol. The van der Waals surface area contributed by atoms with Gasteiger partial charge in [0.05, 0.1) is 31.8 Å². The fourth-order valence-corrected chi connectivity index (χ4v) is 5.40. The molecule has 1 aromatic carbocycles. The number of nitrogens with zero attached hydrogens (tertiary/aromatic N) is 1. The van der Waals surface area contributed by atoms with Crippen molar-refractivity contribution in [2.45, 2.75) is 45.4 Å². The van der Waals surface area contributed by atoms with E-state index in [0.717, 1.165) is 29.7 Å². The van der Waals surface area contributed by atoms with Gasteiger partial charge in [0, 0.05) is 18.8 Å². The largest absolute Gasteiger partial charge is 0.496 e. The number of H-pyrrole nitrogens is 1. The maximum atomic E-state index is 13.0. The topological polar surface area (TPSA) is 109 Å². The van der Waals surface area contributed by atoms with Gasteiger partial charge < -0.3 is 18.9 Å². The lowest BCUT2D eigenvalue weighted by Gasteiger charge is -2.29. The number of ether oxygens (including phenoxy) is 4. The zero-order valence-electron chi connectivity index (χ0n) is 19.4. The molecule has 0 amide bonds. The quantitative estimate of drug-likeness (QED) is 0.485. The first-order valence-electron chi connectivity index (χ1n) is 11.2. The van der Waals surface area contributed by atoms with E-state index in [-0.39, 0.29) is 19.3 Å². The average molecular weight is 489 g/mol. The third kappa shape index (κ3) is 4.79. The van der Waals surface area contributed by atoms with E-state index in [1.165, 1.54) is 4.57 Å². The summed E-state index contributed by atoms with van der Waals surface area (Å²) in [6, 6.07) is 7.50. The van der Waals surface area contributed by atoms with Crippen molar-refractivity contribution < 1.29 is 23.7 Å². The molecular formula is C24H28N2O7S.